The number of ether oxygens (including phenoxy) is 1. The van der Waals surface area contributed by atoms with E-state index < -0.39 is 0 Å². The maximum atomic E-state index is 5.82. The third-order valence-corrected chi connectivity index (χ3v) is 3.35. The highest BCUT2D eigenvalue weighted by Gasteiger charge is 2.04. The molecular formula is C17H17NO. The summed E-state index contributed by atoms with van der Waals surface area (Å²) in [5.74, 6) is 0. The van der Waals surface area contributed by atoms with Crippen LogP contribution in [0.4, 0.5) is 0 Å². The van der Waals surface area contributed by atoms with Gasteiger partial charge in [-0.15, -0.1) is 0 Å². The van der Waals surface area contributed by atoms with Crippen molar-refractivity contribution < 1.29 is 4.74 Å². The second-order valence-corrected chi connectivity index (χ2v) is 4.74. The van der Waals surface area contributed by atoms with Crippen LogP contribution in [0.15, 0.2) is 60.7 Å². The van der Waals surface area contributed by atoms with E-state index in [1.54, 1.807) is 0 Å². The smallest absolute Gasteiger partial charge is 0.123 e. The lowest BCUT2D eigenvalue weighted by atomic mass is 10.2. The number of rotatable bonds is 4. The Morgan fingerprint density at radius 3 is 2.53 bits per heavy atom. The molecule has 0 saturated carbocycles. The molecule has 0 unspecified atom stereocenters. The van der Waals surface area contributed by atoms with Gasteiger partial charge in [-0.2, -0.15) is 0 Å². The van der Waals surface area contributed by atoms with Gasteiger partial charge in [0.25, 0.3) is 0 Å². The van der Waals surface area contributed by atoms with Gasteiger partial charge >= 0.3 is 0 Å². The van der Waals surface area contributed by atoms with Crippen LogP contribution in [-0.2, 0) is 18.1 Å². The van der Waals surface area contributed by atoms with Crippen LogP contribution in [0.25, 0.3) is 10.9 Å². The number of aryl methyl sites for hydroxylation is 1. The maximum absolute atomic E-state index is 5.82. The van der Waals surface area contributed by atoms with Crippen LogP contribution >= 0.6 is 0 Å². The summed E-state index contributed by atoms with van der Waals surface area (Å²) in [6.07, 6.45) is 0. The van der Waals surface area contributed by atoms with E-state index in [1.807, 2.05) is 18.2 Å². The van der Waals surface area contributed by atoms with Gasteiger partial charge in [-0.1, -0.05) is 48.5 Å². The van der Waals surface area contributed by atoms with Crippen molar-refractivity contribution in [2.75, 3.05) is 0 Å². The molecule has 19 heavy (non-hydrogen) atoms. The van der Waals surface area contributed by atoms with Crippen LogP contribution in [0, 0.1) is 6.92 Å². The Morgan fingerprint density at radius 1 is 0.947 bits per heavy atom. The number of hydrogen-bond acceptors (Lipinski definition) is 1. The van der Waals surface area contributed by atoms with Crippen LogP contribution in [-0.4, -0.2) is 4.57 Å². The fourth-order valence-electron chi connectivity index (χ4n) is 2.35. The van der Waals surface area contributed by atoms with Crippen LogP contribution in [0.5, 0.6) is 0 Å². The molecule has 0 aliphatic heterocycles. The highest BCUT2D eigenvalue weighted by molar-refractivity contribution is 5.81. The number of benzene rings is 2. The summed E-state index contributed by atoms with van der Waals surface area (Å²) in [5.41, 5.74) is 3.67. The Bertz CT molecular complexity index is 670. The van der Waals surface area contributed by atoms with Crippen molar-refractivity contribution in [1.29, 1.82) is 0 Å². The van der Waals surface area contributed by atoms with Crippen LogP contribution in [0.1, 0.15) is 11.3 Å². The molecule has 2 heteroatoms. The molecule has 1 aromatic heterocycles. The lowest BCUT2D eigenvalue weighted by Crippen LogP contribution is -2.04. The van der Waals surface area contributed by atoms with Crippen molar-refractivity contribution in [3.05, 3.63) is 71.9 Å². The van der Waals surface area contributed by atoms with Crippen LogP contribution in [0.2, 0.25) is 0 Å². The molecule has 0 aliphatic rings. The van der Waals surface area contributed by atoms with Crippen LogP contribution in [0.3, 0.4) is 0 Å². The first kappa shape index (κ1) is 12.0. The van der Waals surface area contributed by atoms with E-state index in [4.69, 9.17) is 4.74 Å². The highest BCUT2D eigenvalue weighted by Crippen LogP contribution is 2.19. The van der Waals surface area contributed by atoms with Crippen molar-refractivity contribution in [2.24, 2.45) is 0 Å². The normalized spacial score (nSPS) is 11.0. The van der Waals surface area contributed by atoms with Crippen molar-refractivity contribution in [1.82, 2.24) is 4.57 Å². The minimum atomic E-state index is 0.592. The van der Waals surface area contributed by atoms with Gasteiger partial charge in [-0.25, -0.2) is 0 Å². The zero-order chi connectivity index (χ0) is 13.1. The zero-order valence-electron chi connectivity index (χ0n) is 11.0. The molecular weight excluding hydrogens is 234 g/mol. The highest BCUT2D eigenvalue weighted by atomic mass is 16.5. The van der Waals surface area contributed by atoms with Gasteiger partial charge in [-0.05, 0) is 30.0 Å². The predicted molar refractivity (Wildman–Crippen MR) is 77.9 cm³/mol. The summed E-state index contributed by atoms with van der Waals surface area (Å²) in [5, 5.41) is 1.27. The minimum Gasteiger partial charge on any atom is -0.356 e. The van der Waals surface area contributed by atoms with E-state index in [0.29, 0.717) is 13.3 Å². The monoisotopic (exact) mass is 251 g/mol. The third kappa shape index (κ3) is 2.54. The molecule has 96 valence electrons. The van der Waals surface area contributed by atoms with Crippen molar-refractivity contribution in [3.63, 3.8) is 0 Å². The Morgan fingerprint density at radius 2 is 1.68 bits per heavy atom. The minimum absolute atomic E-state index is 0.592. The van der Waals surface area contributed by atoms with E-state index in [9.17, 15) is 0 Å². The maximum Gasteiger partial charge on any atom is 0.123 e. The van der Waals surface area contributed by atoms with Gasteiger partial charge in [0.15, 0.2) is 0 Å². The van der Waals surface area contributed by atoms with Gasteiger partial charge < -0.3 is 9.30 Å². The molecule has 2 nitrogen and oxygen atoms in total. The molecule has 0 aliphatic carbocycles. The van der Waals surface area contributed by atoms with Crippen molar-refractivity contribution >= 4 is 10.9 Å². The molecule has 0 N–H and O–H groups in total. The largest absolute Gasteiger partial charge is 0.356 e. The lowest BCUT2D eigenvalue weighted by Gasteiger charge is -2.09. The summed E-state index contributed by atoms with van der Waals surface area (Å²) < 4.78 is 8.02. The van der Waals surface area contributed by atoms with Gasteiger partial charge in [0.2, 0.25) is 0 Å². The first-order chi connectivity index (χ1) is 9.34. The summed E-state index contributed by atoms with van der Waals surface area (Å²) in [6.45, 7) is 3.35. The SMILES string of the molecule is Cc1cc2ccccc2n1COCc1ccccc1. The van der Waals surface area contributed by atoms with Crippen molar-refractivity contribution in [2.45, 2.75) is 20.3 Å². The first-order valence-corrected chi connectivity index (χ1v) is 6.51. The van der Waals surface area contributed by atoms with Crippen LogP contribution < -0.4 is 0 Å². The van der Waals surface area contributed by atoms with E-state index in [1.165, 1.54) is 22.2 Å². The second kappa shape index (κ2) is 5.29. The molecule has 0 atom stereocenters. The van der Waals surface area contributed by atoms with Gasteiger partial charge in [0, 0.05) is 5.69 Å². The molecule has 0 spiro atoms. The van der Waals surface area contributed by atoms with Gasteiger partial charge in [0.05, 0.1) is 12.1 Å². The standard InChI is InChI=1S/C17H17NO/c1-14-11-16-9-5-6-10-17(16)18(14)13-19-12-15-7-3-2-4-8-15/h2-11H,12-13H2,1H3. The molecule has 3 aromatic rings. The van der Waals surface area contributed by atoms with E-state index in [0.717, 1.165) is 0 Å². The summed E-state index contributed by atoms with van der Waals surface area (Å²) in [7, 11) is 0. The molecule has 1 heterocycles. The van der Waals surface area contributed by atoms with E-state index in [-0.39, 0.29) is 0 Å². The Balaban J connectivity index is 1.73. The fraction of sp³-hybridized carbons (Fsp3) is 0.176. The Labute approximate surface area is 113 Å². The number of para-hydroxylation sites is 1. The zero-order valence-corrected chi connectivity index (χ0v) is 11.0. The number of hydrogen-bond donors (Lipinski definition) is 0. The predicted octanol–water partition coefficient (Wildman–Crippen LogP) is 4.12. The van der Waals surface area contributed by atoms with Gasteiger partial charge in [0.1, 0.15) is 6.73 Å². The number of fused-ring (bicyclic) bond motifs is 1. The second-order valence-electron chi connectivity index (χ2n) is 4.74. The van der Waals surface area contributed by atoms with Gasteiger partial charge in [-0.3, -0.25) is 0 Å². The van der Waals surface area contributed by atoms with E-state index in [2.05, 4.69) is 54.0 Å². The summed E-state index contributed by atoms with van der Waals surface area (Å²) in [4.78, 5) is 0. The van der Waals surface area contributed by atoms with Crippen molar-refractivity contribution in [3.8, 4) is 0 Å². The molecule has 0 amide bonds. The summed E-state index contributed by atoms with van der Waals surface area (Å²) >= 11 is 0. The Hall–Kier alpha value is -2.06. The molecule has 3 rings (SSSR count). The Kier molecular flexibility index (Phi) is 3.34. The molecule has 0 bridgehead atoms. The molecule has 0 fully saturated rings. The fourth-order valence-corrected chi connectivity index (χ4v) is 2.35. The topological polar surface area (TPSA) is 14.2 Å². The molecule has 2 aromatic carbocycles. The third-order valence-electron chi connectivity index (χ3n) is 3.35. The average molecular weight is 251 g/mol. The quantitative estimate of drug-likeness (QED) is 0.680. The molecule has 0 radical (unpaired) electrons. The molecule has 0 saturated heterocycles. The lowest BCUT2D eigenvalue weighted by molar-refractivity contribution is 0.0657. The summed E-state index contributed by atoms with van der Waals surface area (Å²) in [6, 6.07) is 20.9. The first-order valence-electron chi connectivity index (χ1n) is 6.51. The van der Waals surface area contributed by atoms with E-state index >= 15 is 0 Å². The number of aromatic nitrogens is 1. The average Bonchev–Trinajstić information content (AvgIpc) is 2.76. The number of nitrogens with zero attached hydrogens (tertiary/aromatic N) is 1.